The summed E-state index contributed by atoms with van der Waals surface area (Å²) in [5.74, 6) is 0.180. The van der Waals surface area contributed by atoms with Crippen LogP contribution in [0.3, 0.4) is 0 Å². The van der Waals surface area contributed by atoms with Crippen molar-refractivity contribution in [1.82, 2.24) is 14.5 Å². The molecular formula is C32H28N6O4. The Morgan fingerprint density at radius 3 is 2.50 bits per heavy atom. The maximum atomic E-state index is 12.0. The summed E-state index contributed by atoms with van der Waals surface area (Å²) in [6.45, 7) is 4.96. The fourth-order valence-electron chi connectivity index (χ4n) is 5.15. The normalized spacial score (nSPS) is 12.5. The van der Waals surface area contributed by atoms with Gasteiger partial charge in [0.2, 0.25) is 5.88 Å². The van der Waals surface area contributed by atoms with Gasteiger partial charge in [-0.2, -0.15) is 10.1 Å². The third-order valence-corrected chi connectivity index (χ3v) is 7.11. The monoisotopic (exact) mass is 560 g/mol. The van der Waals surface area contributed by atoms with Crippen LogP contribution in [-0.2, 0) is 6.54 Å². The third-order valence-electron chi connectivity index (χ3n) is 7.11. The van der Waals surface area contributed by atoms with E-state index in [1.54, 1.807) is 31.5 Å². The smallest absolute Gasteiger partial charge is 0.337 e. The van der Waals surface area contributed by atoms with Gasteiger partial charge in [-0.25, -0.2) is 14.8 Å². The fraction of sp³-hybridized carbons (Fsp3) is 0.188. The number of pyridine rings is 1. The molecule has 42 heavy (non-hydrogen) atoms. The van der Waals surface area contributed by atoms with Crippen molar-refractivity contribution in [3.63, 3.8) is 0 Å². The number of hydrogen-bond donors (Lipinski definition) is 1. The second-order valence-corrected chi connectivity index (χ2v) is 9.76. The van der Waals surface area contributed by atoms with Gasteiger partial charge in [-0.1, -0.05) is 36.4 Å². The number of carbonyl (C=O) groups is 1. The molecular weight excluding hydrogens is 532 g/mol. The summed E-state index contributed by atoms with van der Waals surface area (Å²) in [5, 5.41) is 18.1. The Balaban J connectivity index is 1.39. The first-order valence-corrected chi connectivity index (χ1v) is 13.5. The van der Waals surface area contributed by atoms with Gasteiger partial charge < -0.3 is 14.6 Å². The number of rotatable bonds is 9. The average Bonchev–Trinajstić information content (AvgIpc) is 3.66. The molecule has 3 aromatic carbocycles. The zero-order chi connectivity index (χ0) is 29.2. The van der Waals surface area contributed by atoms with Crippen molar-refractivity contribution < 1.29 is 19.4 Å². The number of para-hydroxylation sites is 1. The fourth-order valence-corrected chi connectivity index (χ4v) is 5.15. The lowest BCUT2D eigenvalue weighted by Crippen LogP contribution is -2.08. The molecule has 2 aromatic heterocycles. The lowest BCUT2D eigenvalue weighted by Gasteiger charge is -2.14. The highest BCUT2D eigenvalue weighted by Gasteiger charge is 2.20. The molecule has 0 atom stereocenters. The molecule has 0 amide bonds. The number of nitrogens with zero attached hydrogens (tertiary/aromatic N) is 6. The number of fused-ring (bicyclic) bond motifs is 1. The molecule has 3 heterocycles. The summed E-state index contributed by atoms with van der Waals surface area (Å²) >= 11 is 0. The molecule has 1 aliphatic rings. The number of aryl methyl sites for hydroxylation is 1. The molecule has 0 radical (unpaired) electrons. The van der Waals surface area contributed by atoms with E-state index in [-0.39, 0.29) is 5.56 Å². The number of benzene rings is 3. The van der Waals surface area contributed by atoms with E-state index in [0.29, 0.717) is 48.6 Å². The van der Waals surface area contributed by atoms with E-state index < -0.39 is 5.97 Å². The number of hydrogen-bond acceptors (Lipinski definition) is 8. The highest BCUT2D eigenvalue weighted by Crippen LogP contribution is 2.33. The first-order valence-electron chi connectivity index (χ1n) is 13.5. The Kier molecular flexibility index (Phi) is 7.18. The predicted octanol–water partition coefficient (Wildman–Crippen LogP) is 6.40. The van der Waals surface area contributed by atoms with E-state index >= 15 is 0 Å². The molecule has 0 fully saturated rings. The Labute approximate surface area is 242 Å². The number of azo groups is 1. The van der Waals surface area contributed by atoms with Crippen molar-refractivity contribution >= 4 is 22.8 Å². The quantitative estimate of drug-likeness (QED) is 0.223. The standard InChI is InChI=1S/C32H28N6O4/c1-4-42-32-36-27-7-5-6-25(31(39)40)28(27)38(32)17-20-8-10-21(11-9-20)26-15-22(12-13-24(26)29-34-18-35-37-29)23-14-19(2)30(41-3)33-16-23/h5-16H,4,17-18H2,1-3H3,(H,39,40). The number of imidazole rings is 1. The number of aromatic carboxylic acids is 1. The molecule has 0 saturated carbocycles. The summed E-state index contributed by atoms with van der Waals surface area (Å²) in [4.78, 5) is 25.5. The van der Waals surface area contributed by atoms with Crippen LogP contribution in [0.15, 0.2) is 88.1 Å². The van der Waals surface area contributed by atoms with Crippen molar-refractivity contribution in [2.45, 2.75) is 20.4 Å². The van der Waals surface area contributed by atoms with Crippen LogP contribution >= 0.6 is 0 Å². The van der Waals surface area contributed by atoms with E-state index in [1.807, 2.05) is 54.8 Å². The molecule has 1 N–H and O–H groups in total. The second-order valence-electron chi connectivity index (χ2n) is 9.76. The van der Waals surface area contributed by atoms with Gasteiger partial charge in [0.1, 0.15) is 0 Å². The predicted molar refractivity (Wildman–Crippen MR) is 160 cm³/mol. The van der Waals surface area contributed by atoms with Crippen molar-refractivity contribution in [2.24, 2.45) is 15.2 Å². The van der Waals surface area contributed by atoms with Crippen LogP contribution < -0.4 is 9.47 Å². The van der Waals surface area contributed by atoms with Crippen LogP contribution in [0.5, 0.6) is 11.9 Å². The van der Waals surface area contributed by atoms with Crippen LogP contribution in [-0.4, -0.2) is 51.8 Å². The molecule has 0 saturated heterocycles. The van der Waals surface area contributed by atoms with Crippen molar-refractivity contribution in [3.05, 3.63) is 95.2 Å². The van der Waals surface area contributed by atoms with Crippen LogP contribution in [0.4, 0.5) is 0 Å². The second kappa shape index (κ2) is 11.2. The molecule has 6 rings (SSSR count). The number of amidine groups is 1. The first kappa shape index (κ1) is 26.8. The van der Waals surface area contributed by atoms with Crippen molar-refractivity contribution in [1.29, 1.82) is 0 Å². The van der Waals surface area contributed by atoms with Crippen LogP contribution in [0.25, 0.3) is 33.3 Å². The minimum absolute atomic E-state index is 0.179. The van der Waals surface area contributed by atoms with Crippen molar-refractivity contribution in [2.75, 3.05) is 20.4 Å². The van der Waals surface area contributed by atoms with Crippen LogP contribution in [0, 0.1) is 6.92 Å². The Hall–Kier alpha value is -5.38. The van der Waals surface area contributed by atoms with Gasteiger partial charge in [-0.15, -0.1) is 5.11 Å². The largest absolute Gasteiger partial charge is 0.481 e. The minimum Gasteiger partial charge on any atom is -0.481 e. The SMILES string of the molecule is CCOc1nc2cccc(C(=O)O)c2n1Cc1ccc(-c2cc(-c3cnc(OC)c(C)c3)ccc2C2=NCN=N2)cc1. The van der Waals surface area contributed by atoms with Crippen molar-refractivity contribution in [3.8, 4) is 34.1 Å². The van der Waals surface area contributed by atoms with Gasteiger partial charge in [0.25, 0.3) is 6.01 Å². The van der Waals surface area contributed by atoms with E-state index in [0.717, 1.165) is 38.9 Å². The molecule has 210 valence electrons. The van der Waals surface area contributed by atoms with Gasteiger partial charge in [0.05, 0.1) is 36.9 Å². The maximum absolute atomic E-state index is 12.0. The molecule has 0 unspecified atom stereocenters. The number of aromatic nitrogens is 3. The molecule has 10 nitrogen and oxygen atoms in total. The van der Waals surface area contributed by atoms with Gasteiger partial charge in [0, 0.05) is 22.9 Å². The molecule has 0 aliphatic carbocycles. The van der Waals surface area contributed by atoms with E-state index in [2.05, 4.69) is 37.3 Å². The topological polar surface area (TPSA) is 124 Å². The first-order chi connectivity index (χ1) is 20.5. The van der Waals surface area contributed by atoms with E-state index in [1.165, 1.54) is 0 Å². The van der Waals surface area contributed by atoms with Gasteiger partial charge >= 0.3 is 5.97 Å². The lowest BCUT2D eigenvalue weighted by molar-refractivity contribution is 0.0698. The third kappa shape index (κ3) is 4.98. The summed E-state index contributed by atoms with van der Waals surface area (Å²) in [6, 6.07) is 21.8. The van der Waals surface area contributed by atoms with Gasteiger partial charge in [-0.3, -0.25) is 4.57 Å². The highest BCUT2D eigenvalue weighted by molar-refractivity contribution is 6.06. The average molecular weight is 561 g/mol. The number of carboxylic acid groups (broad SMARTS) is 1. The van der Waals surface area contributed by atoms with E-state index in [9.17, 15) is 9.90 Å². The zero-order valence-corrected chi connectivity index (χ0v) is 23.4. The minimum atomic E-state index is -1.01. The number of aliphatic imine (C=N–C) groups is 1. The number of carboxylic acids is 1. The maximum Gasteiger partial charge on any atom is 0.337 e. The molecule has 0 bridgehead atoms. The molecule has 1 aliphatic heterocycles. The van der Waals surface area contributed by atoms with Gasteiger partial charge in [-0.05, 0) is 66.4 Å². The Morgan fingerprint density at radius 1 is 1.00 bits per heavy atom. The Bertz CT molecular complexity index is 1870. The molecule has 0 spiro atoms. The highest BCUT2D eigenvalue weighted by atomic mass is 16.5. The summed E-state index contributed by atoms with van der Waals surface area (Å²) in [5.41, 5.74) is 7.99. The number of ether oxygens (including phenoxy) is 2. The lowest BCUT2D eigenvalue weighted by atomic mass is 9.93. The van der Waals surface area contributed by atoms with Crippen LogP contribution in [0.2, 0.25) is 0 Å². The molecule has 5 aromatic rings. The Morgan fingerprint density at radius 2 is 1.81 bits per heavy atom. The summed E-state index contributed by atoms with van der Waals surface area (Å²) < 4.78 is 12.9. The van der Waals surface area contributed by atoms with Crippen LogP contribution in [0.1, 0.15) is 34.0 Å². The zero-order valence-electron chi connectivity index (χ0n) is 23.4. The summed E-state index contributed by atoms with van der Waals surface area (Å²) in [7, 11) is 1.61. The van der Waals surface area contributed by atoms with E-state index in [4.69, 9.17) is 9.47 Å². The van der Waals surface area contributed by atoms with Gasteiger partial charge in [0.15, 0.2) is 12.5 Å². The summed E-state index contributed by atoms with van der Waals surface area (Å²) in [6.07, 6.45) is 1.80. The number of methoxy groups -OCH3 is 1. The molecule has 10 heteroatoms.